The van der Waals surface area contributed by atoms with E-state index in [0.717, 1.165) is 12.8 Å². The Morgan fingerprint density at radius 2 is 1.79 bits per heavy atom. The van der Waals surface area contributed by atoms with Gasteiger partial charge in [-0.15, -0.1) is 0 Å². The van der Waals surface area contributed by atoms with Gasteiger partial charge in [-0.1, -0.05) is 26.3 Å². The van der Waals surface area contributed by atoms with Crippen LogP contribution < -0.4 is 0 Å². The fourth-order valence-corrected chi connectivity index (χ4v) is 1.37. The van der Waals surface area contributed by atoms with E-state index in [2.05, 4.69) is 13.8 Å². The first-order valence-corrected chi connectivity index (χ1v) is 5.08. The Balaban J connectivity index is 2.66. The minimum absolute atomic E-state index is 0.229. The highest BCUT2D eigenvalue weighted by atomic mass is 19.1. The van der Waals surface area contributed by atoms with Gasteiger partial charge in [0.15, 0.2) is 0 Å². The highest BCUT2D eigenvalue weighted by molar-refractivity contribution is 5.19. The van der Waals surface area contributed by atoms with Crippen molar-refractivity contribution in [3.63, 3.8) is 0 Å². The monoisotopic (exact) mass is 198 g/mol. The molecule has 0 aliphatic carbocycles. The third-order valence-electron chi connectivity index (χ3n) is 2.65. The maximum Gasteiger partial charge on any atom is 0.129 e. The second-order valence-electron chi connectivity index (χ2n) is 3.75. The molecule has 1 atom stereocenters. The van der Waals surface area contributed by atoms with Gasteiger partial charge in [0.2, 0.25) is 0 Å². The number of benzene rings is 1. The van der Waals surface area contributed by atoms with Gasteiger partial charge in [0.25, 0.3) is 0 Å². The standard InChI is InChI=1S/C12H16F2/c1-3-9(2)7-8-10-11(13)5-4-6-12(10)14/h4-6,9H,3,7-8H2,1-2H3. The first-order valence-electron chi connectivity index (χ1n) is 5.08. The normalized spacial score (nSPS) is 12.9. The molecular weight excluding hydrogens is 182 g/mol. The molecule has 1 aromatic rings. The Hall–Kier alpha value is -0.920. The summed E-state index contributed by atoms with van der Waals surface area (Å²) in [6.45, 7) is 4.18. The van der Waals surface area contributed by atoms with Crippen molar-refractivity contribution in [3.8, 4) is 0 Å². The van der Waals surface area contributed by atoms with Crippen LogP contribution in [0, 0.1) is 17.6 Å². The summed E-state index contributed by atoms with van der Waals surface area (Å²) in [5.74, 6) is -0.324. The van der Waals surface area contributed by atoms with Crippen molar-refractivity contribution >= 4 is 0 Å². The van der Waals surface area contributed by atoms with Crippen LogP contribution in [0.2, 0.25) is 0 Å². The van der Waals surface area contributed by atoms with Gasteiger partial charge in [0.05, 0.1) is 0 Å². The molecule has 0 fully saturated rings. The van der Waals surface area contributed by atoms with Crippen LogP contribution in [0.1, 0.15) is 32.3 Å². The lowest BCUT2D eigenvalue weighted by molar-refractivity contribution is 0.489. The molecule has 0 bridgehead atoms. The predicted molar refractivity (Wildman–Crippen MR) is 54.1 cm³/mol. The molecule has 1 unspecified atom stereocenters. The number of hydrogen-bond acceptors (Lipinski definition) is 0. The van der Waals surface area contributed by atoms with Gasteiger partial charge >= 0.3 is 0 Å². The van der Waals surface area contributed by atoms with Crippen LogP contribution in [0.15, 0.2) is 18.2 Å². The van der Waals surface area contributed by atoms with E-state index < -0.39 is 11.6 Å². The molecular formula is C12H16F2. The third-order valence-corrected chi connectivity index (χ3v) is 2.65. The van der Waals surface area contributed by atoms with Gasteiger partial charge in [0, 0.05) is 5.56 Å². The highest BCUT2D eigenvalue weighted by Crippen LogP contribution is 2.17. The molecule has 0 aliphatic heterocycles. The Morgan fingerprint density at radius 3 is 2.29 bits per heavy atom. The summed E-state index contributed by atoms with van der Waals surface area (Å²) < 4.78 is 26.3. The Labute approximate surface area is 84.0 Å². The molecule has 2 heteroatoms. The van der Waals surface area contributed by atoms with Gasteiger partial charge in [-0.25, -0.2) is 8.78 Å². The number of rotatable bonds is 4. The summed E-state index contributed by atoms with van der Waals surface area (Å²) in [5, 5.41) is 0. The highest BCUT2D eigenvalue weighted by Gasteiger charge is 2.09. The van der Waals surface area contributed by atoms with Crippen LogP contribution in [0.5, 0.6) is 0 Å². The third kappa shape index (κ3) is 2.79. The van der Waals surface area contributed by atoms with Gasteiger partial charge in [-0.05, 0) is 30.9 Å². The summed E-state index contributed by atoms with van der Waals surface area (Å²) in [6, 6.07) is 4.03. The van der Waals surface area contributed by atoms with Crippen molar-refractivity contribution in [1.82, 2.24) is 0 Å². The number of halogens is 2. The molecule has 14 heavy (non-hydrogen) atoms. The fraction of sp³-hybridized carbons (Fsp3) is 0.500. The zero-order valence-electron chi connectivity index (χ0n) is 8.69. The van der Waals surface area contributed by atoms with E-state index in [1.54, 1.807) is 0 Å². The SMILES string of the molecule is CCC(C)CCc1c(F)cccc1F. The molecule has 0 aliphatic rings. The van der Waals surface area contributed by atoms with Crippen molar-refractivity contribution in [1.29, 1.82) is 0 Å². The molecule has 0 saturated heterocycles. The lowest BCUT2D eigenvalue weighted by atomic mass is 9.98. The maximum atomic E-state index is 13.2. The first-order chi connectivity index (χ1) is 6.65. The van der Waals surface area contributed by atoms with Crippen LogP contribution in [0.25, 0.3) is 0 Å². The topological polar surface area (TPSA) is 0 Å². The molecule has 0 nitrogen and oxygen atoms in total. The van der Waals surface area contributed by atoms with E-state index in [0.29, 0.717) is 12.3 Å². The minimum atomic E-state index is -0.423. The second kappa shape index (κ2) is 5.08. The Morgan fingerprint density at radius 1 is 1.21 bits per heavy atom. The average molecular weight is 198 g/mol. The van der Waals surface area contributed by atoms with Gasteiger partial charge < -0.3 is 0 Å². The van der Waals surface area contributed by atoms with Gasteiger partial charge in [-0.3, -0.25) is 0 Å². The van der Waals surface area contributed by atoms with Crippen LogP contribution in [-0.4, -0.2) is 0 Å². The van der Waals surface area contributed by atoms with Crippen molar-refractivity contribution in [3.05, 3.63) is 35.4 Å². The first kappa shape index (κ1) is 11.2. The predicted octanol–water partition coefficient (Wildman–Crippen LogP) is 3.94. The van der Waals surface area contributed by atoms with Crippen molar-refractivity contribution in [2.75, 3.05) is 0 Å². The summed E-state index contributed by atoms with van der Waals surface area (Å²) in [5.41, 5.74) is 0.229. The zero-order chi connectivity index (χ0) is 10.6. The summed E-state index contributed by atoms with van der Waals surface area (Å²) in [7, 11) is 0. The summed E-state index contributed by atoms with van der Waals surface area (Å²) in [6.07, 6.45) is 2.39. The van der Waals surface area contributed by atoms with E-state index in [1.165, 1.54) is 18.2 Å². The maximum absolute atomic E-state index is 13.2. The quantitative estimate of drug-likeness (QED) is 0.687. The number of hydrogen-bond donors (Lipinski definition) is 0. The lowest BCUT2D eigenvalue weighted by Crippen LogP contribution is -2.00. The molecule has 1 rings (SSSR count). The van der Waals surface area contributed by atoms with Crippen molar-refractivity contribution in [2.24, 2.45) is 5.92 Å². The van der Waals surface area contributed by atoms with Crippen molar-refractivity contribution < 1.29 is 8.78 Å². The van der Waals surface area contributed by atoms with E-state index in [1.807, 2.05) is 0 Å². The van der Waals surface area contributed by atoms with E-state index >= 15 is 0 Å². The molecule has 0 aromatic heterocycles. The van der Waals surface area contributed by atoms with E-state index in [4.69, 9.17) is 0 Å². The molecule has 78 valence electrons. The smallest absolute Gasteiger partial charge is 0.129 e. The van der Waals surface area contributed by atoms with E-state index in [9.17, 15) is 8.78 Å². The second-order valence-corrected chi connectivity index (χ2v) is 3.75. The van der Waals surface area contributed by atoms with Gasteiger partial charge in [0.1, 0.15) is 11.6 Å². The average Bonchev–Trinajstić information content (AvgIpc) is 2.16. The van der Waals surface area contributed by atoms with Crippen LogP contribution in [0.3, 0.4) is 0 Å². The zero-order valence-corrected chi connectivity index (χ0v) is 8.69. The van der Waals surface area contributed by atoms with Crippen LogP contribution >= 0.6 is 0 Å². The Kier molecular flexibility index (Phi) is 4.05. The molecule has 0 radical (unpaired) electrons. The molecule has 0 spiro atoms. The fourth-order valence-electron chi connectivity index (χ4n) is 1.37. The van der Waals surface area contributed by atoms with Crippen LogP contribution in [0.4, 0.5) is 8.78 Å². The minimum Gasteiger partial charge on any atom is -0.207 e. The molecule has 0 amide bonds. The van der Waals surface area contributed by atoms with E-state index in [-0.39, 0.29) is 5.56 Å². The summed E-state index contributed by atoms with van der Waals surface area (Å²) >= 11 is 0. The molecule has 1 aromatic carbocycles. The van der Waals surface area contributed by atoms with Crippen molar-refractivity contribution in [2.45, 2.75) is 33.1 Å². The Bertz CT molecular complexity index is 274. The molecule has 0 heterocycles. The molecule has 0 saturated carbocycles. The van der Waals surface area contributed by atoms with Gasteiger partial charge in [-0.2, -0.15) is 0 Å². The summed E-state index contributed by atoms with van der Waals surface area (Å²) in [4.78, 5) is 0. The molecule has 0 N–H and O–H groups in total. The van der Waals surface area contributed by atoms with Crippen LogP contribution in [-0.2, 0) is 6.42 Å². The largest absolute Gasteiger partial charge is 0.207 e. The lowest BCUT2D eigenvalue weighted by Gasteiger charge is -2.09.